The number of nitrogens with one attached hydrogen (secondary N) is 1. The van der Waals surface area contributed by atoms with Crippen molar-refractivity contribution in [2.45, 2.75) is 25.8 Å². The van der Waals surface area contributed by atoms with Gasteiger partial charge >= 0.3 is 5.97 Å². The molecule has 7 nitrogen and oxygen atoms in total. The molecule has 7 heteroatoms. The van der Waals surface area contributed by atoms with Crippen molar-refractivity contribution in [2.24, 2.45) is 5.92 Å². The molecule has 0 spiro atoms. The van der Waals surface area contributed by atoms with Gasteiger partial charge in [-0.3, -0.25) is 10.1 Å². The quantitative estimate of drug-likeness (QED) is 0.611. The van der Waals surface area contributed by atoms with Gasteiger partial charge in [0, 0.05) is 12.1 Å². The van der Waals surface area contributed by atoms with E-state index >= 15 is 0 Å². The first-order valence-electron chi connectivity index (χ1n) is 5.67. The van der Waals surface area contributed by atoms with Gasteiger partial charge in [0.15, 0.2) is 0 Å². The second-order valence-corrected chi connectivity index (χ2v) is 4.31. The Kier molecular flexibility index (Phi) is 3.14. The molecule has 0 radical (unpaired) electrons. The molecule has 0 bridgehead atoms. The van der Waals surface area contributed by atoms with Gasteiger partial charge in [0.25, 0.3) is 5.69 Å². The first-order chi connectivity index (χ1) is 8.52. The van der Waals surface area contributed by atoms with Gasteiger partial charge in [0.2, 0.25) is 0 Å². The topological polar surface area (TPSA) is 105 Å². The lowest BCUT2D eigenvalue weighted by molar-refractivity contribution is -0.385. The first kappa shape index (κ1) is 12.3. The summed E-state index contributed by atoms with van der Waals surface area (Å²) in [4.78, 5) is 24.8. The molecule has 0 saturated heterocycles. The third-order valence-electron chi connectivity index (χ3n) is 3.08. The number of carbonyl (C=O) groups is 1. The largest absolute Gasteiger partial charge is 0.478 e. The summed E-state index contributed by atoms with van der Waals surface area (Å²) in [5.74, 6) is -0.486. The highest BCUT2D eigenvalue weighted by molar-refractivity contribution is 5.93. The van der Waals surface area contributed by atoms with Crippen LogP contribution in [0.4, 0.5) is 11.5 Å². The lowest BCUT2D eigenvalue weighted by Crippen LogP contribution is -2.12. The van der Waals surface area contributed by atoms with Crippen molar-refractivity contribution in [3.63, 3.8) is 0 Å². The van der Waals surface area contributed by atoms with Crippen LogP contribution < -0.4 is 5.32 Å². The number of carboxylic acids is 1. The summed E-state index contributed by atoms with van der Waals surface area (Å²) in [6.07, 6.45) is 3.07. The van der Waals surface area contributed by atoms with Gasteiger partial charge in [-0.15, -0.1) is 0 Å². The van der Waals surface area contributed by atoms with E-state index in [1.54, 1.807) is 0 Å². The normalized spacial score (nSPS) is 21.4. The Morgan fingerprint density at radius 3 is 2.94 bits per heavy atom. The predicted molar refractivity (Wildman–Crippen MR) is 63.7 cm³/mol. The Morgan fingerprint density at radius 1 is 1.72 bits per heavy atom. The van der Waals surface area contributed by atoms with Gasteiger partial charge in [-0.05, 0) is 12.3 Å². The summed E-state index contributed by atoms with van der Waals surface area (Å²) in [5, 5.41) is 22.6. The molecule has 1 aromatic heterocycles. The van der Waals surface area contributed by atoms with Crippen molar-refractivity contribution in [1.82, 2.24) is 4.98 Å². The van der Waals surface area contributed by atoms with Crippen molar-refractivity contribution in [1.29, 1.82) is 0 Å². The molecular formula is C11H13N3O4. The molecule has 2 unspecified atom stereocenters. The molecule has 2 atom stereocenters. The Bertz CT molecular complexity index is 503. The van der Waals surface area contributed by atoms with Crippen molar-refractivity contribution in [3.8, 4) is 0 Å². The Morgan fingerprint density at radius 2 is 2.44 bits per heavy atom. The molecule has 2 rings (SSSR count). The van der Waals surface area contributed by atoms with Crippen molar-refractivity contribution in [3.05, 3.63) is 27.9 Å². The molecule has 2 N–H and O–H groups in total. The van der Waals surface area contributed by atoms with E-state index in [2.05, 4.69) is 17.2 Å². The molecular weight excluding hydrogens is 238 g/mol. The molecule has 1 aliphatic rings. The van der Waals surface area contributed by atoms with Crippen LogP contribution in [0.15, 0.2) is 12.3 Å². The molecule has 0 aromatic carbocycles. The van der Waals surface area contributed by atoms with Crippen LogP contribution in [0, 0.1) is 16.0 Å². The molecule has 1 heterocycles. The number of carboxylic acid groups (broad SMARTS) is 1. The molecule has 0 aliphatic heterocycles. The number of aromatic nitrogens is 1. The molecule has 18 heavy (non-hydrogen) atoms. The summed E-state index contributed by atoms with van der Waals surface area (Å²) in [5.41, 5.74) is -0.480. The molecule has 1 aliphatic carbocycles. The highest BCUT2D eigenvalue weighted by Crippen LogP contribution is 2.36. The fraction of sp³-hybridized carbons (Fsp3) is 0.455. The van der Waals surface area contributed by atoms with Gasteiger partial charge in [0.05, 0.1) is 4.92 Å². The third-order valence-corrected chi connectivity index (χ3v) is 3.08. The van der Waals surface area contributed by atoms with Gasteiger partial charge in [-0.2, -0.15) is 0 Å². The van der Waals surface area contributed by atoms with Crippen LogP contribution >= 0.6 is 0 Å². The van der Waals surface area contributed by atoms with E-state index < -0.39 is 10.9 Å². The summed E-state index contributed by atoms with van der Waals surface area (Å²) in [6, 6.07) is 1.25. The molecule has 1 aromatic rings. The van der Waals surface area contributed by atoms with Crippen molar-refractivity contribution >= 4 is 17.5 Å². The van der Waals surface area contributed by atoms with Gasteiger partial charge < -0.3 is 10.4 Å². The summed E-state index contributed by atoms with van der Waals surface area (Å²) >= 11 is 0. The zero-order valence-electron chi connectivity index (χ0n) is 9.79. The molecule has 96 valence electrons. The van der Waals surface area contributed by atoms with E-state index in [-0.39, 0.29) is 23.1 Å². The highest BCUT2D eigenvalue weighted by Gasteiger charge is 2.36. The van der Waals surface area contributed by atoms with Crippen LogP contribution in [-0.2, 0) is 0 Å². The first-order valence-corrected chi connectivity index (χ1v) is 5.67. The maximum absolute atomic E-state index is 11.0. The van der Waals surface area contributed by atoms with E-state index in [0.29, 0.717) is 5.92 Å². The van der Waals surface area contributed by atoms with E-state index in [0.717, 1.165) is 25.1 Å². The highest BCUT2D eigenvalue weighted by atomic mass is 16.6. The number of pyridine rings is 1. The van der Waals surface area contributed by atoms with E-state index in [4.69, 9.17) is 5.11 Å². The Hall–Kier alpha value is -2.18. The van der Waals surface area contributed by atoms with Gasteiger partial charge in [-0.25, -0.2) is 9.78 Å². The van der Waals surface area contributed by atoms with E-state index in [1.807, 2.05) is 0 Å². The van der Waals surface area contributed by atoms with Crippen LogP contribution in [-0.4, -0.2) is 27.0 Å². The maximum atomic E-state index is 11.0. The van der Waals surface area contributed by atoms with Crippen LogP contribution in [0.3, 0.4) is 0 Å². The van der Waals surface area contributed by atoms with E-state index in [1.165, 1.54) is 0 Å². The lowest BCUT2D eigenvalue weighted by Gasteiger charge is -2.07. The lowest BCUT2D eigenvalue weighted by atomic mass is 10.2. The molecule has 0 amide bonds. The average Bonchev–Trinajstić information content (AvgIpc) is 3.07. The standard InChI is InChI=1S/C11H13N3O4/c1-2-6-3-9(6)13-10-8(11(15)16)4-7(5-12-10)14(17)18/h4-6,9H,2-3H2,1H3,(H,12,13)(H,15,16). The second-order valence-electron chi connectivity index (χ2n) is 4.31. The number of nitrogens with zero attached hydrogens (tertiary/aromatic N) is 2. The van der Waals surface area contributed by atoms with Crippen LogP contribution in [0.1, 0.15) is 30.1 Å². The molecule has 1 fully saturated rings. The number of anilines is 1. The number of aromatic carboxylic acids is 1. The monoisotopic (exact) mass is 251 g/mol. The zero-order chi connectivity index (χ0) is 13.3. The SMILES string of the molecule is CCC1CC1Nc1ncc([N+](=O)[O-])cc1C(=O)O. The van der Waals surface area contributed by atoms with Gasteiger partial charge in [0.1, 0.15) is 17.6 Å². The number of rotatable bonds is 5. The molecule has 1 saturated carbocycles. The van der Waals surface area contributed by atoms with Crippen LogP contribution in [0.5, 0.6) is 0 Å². The fourth-order valence-electron chi connectivity index (χ4n) is 1.88. The Balaban J connectivity index is 2.24. The number of hydrogen-bond donors (Lipinski definition) is 2. The number of nitro groups is 1. The smallest absolute Gasteiger partial charge is 0.339 e. The predicted octanol–water partition coefficient (Wildman–Crippen LogP) is 1.90. The second kappa shape index (κ2) is 4.59. The fourth-order valence-corrected chi connectivity index (χ4v) is 1.88. The van der Waals surface area contributed by atoms with Crippen LogP contribution in [0.25, 0.3) is 0 Å². The minimum absolute atomic E-state index is 0.161. The Labute approximate surface area is 103 Å². The van der Waals surface area contributed by atoms with Gasteiger partial charge in [-0.1, -0.05) is 13.3 Å². The maximum Gasteiger partial charge on any atom is 0.339 e. The minimum Gasteiger partial charge on any atom is -0.478 e. The van der Waals surface area contributed by atoms with Crippen LogP contribution in [0.2, 0.25) is 0 Å². The number of hydrogen-bond acceptors (Lipinski definition) is 5. The summed E-state index contributed by atoms with van der Waals surface area (Å²) in [7, 11) is 0. The van der Waals surface area contributed by atoms with Crippen molar-refractivity contribution < 1.29 is 14.8 Å². The average molecular weight is 251 g/mol. The third kappa shape index (κ3) is 2.39. The summed E-state index contributed by atoms with van der Waals surface area (Å²) < 4.78 is 0. The van der Waals surface area contributed by atoms with E-state index in [9.17, 15) is 14.9 Å². The summed E-state index contributed by atoms with van der Waals surface area (Å²) in [6.45, 7) is 2.06. The van der Waals surface area contributed by atoms with Crippen molar-refractivity contribution in [2.75, 3.05) is 5.32 Å². The minimum atomic E-state index is -1.22. The zero-order valence-corrected chi connectivity index (χ0v) is 9.79.